The highest BCUT2D eigenvalue weighted by Crippen LogP contribution is 2.38. The minimum atomic E-state index is -3.56. The van der Waals surface area contributed by atoms with Gasteiger partial charge < -0.3 is 0 Å². The summed E-state index contributed by atoms with van der Waals surface area (Å²) in [6, 6.07) is 5.52. The number of nitrogens with zero attached hydrogens (tertiary/aromatic N) is 2. The van der Waals surface area contributed by atoms with E-state index in [0.717, 1.165) is 35.2 Å². The van der Waals surface area contributed by atoms with Crippen LogP contribution in [0.4, 0.5) is 0 Å². The standard InChI is InChI=1S/C17H21N3O2S/c1-11-6-13(3)17(7-12(11)2)23(21,22)20-9-15-8-16(14-4-5-14)19-10-18-15/h6-8,10,14,20H,4-5,9H2,1-3H3. The van der Waals surface area contributed by atoms with E-state index in [1.54, 1.807) is 6.07 Å². The van der Waals surface area contributed by atoms with Gasteiger partial charge in [-0.1, -0.05) is 6.07 Å². The van der Waals surface area contributed by atoms with Crippen molar-refractivity contribution in [3.05, 3.63) is 52.6 Å². The highest BCUT2D eigenvalue weighted by Gasteiger charge is 2.25. The van der Waals surface area contributed by atoms with Gasteiger partial charge in [0.15, 0.2) is 0 Å². The Morgan fingerprint density at radius 2 is 1.74 bits per heavy atom. The number of hydrogen-bond donors (Lipinski definition) is 1. The number of sulfonamides is 1. The van der Waals surface area contributed by atoms with Gasteiger partial charge in [0.2, 0.25) is 10.0 Å². The SMILES string of the molecule is Cc1cc(C)c(S(=O)(=O)NCc2cc(C3CC3)ncn2)cc1C. The smallest absolute Gasteiger partial charge is 0.241 e. The lowest BCUT2D eigenvalue weighted by atomic mass is 10.1. The molecule has 6 heteroatoms. The Kier molecular flexibility index (Phi) is 4.21. The average Bonchev–Trinajstić information content (AvgIpc) is 3.34. The maximum Gasteiger partial charge on any atom is 0.241 e. The molecule has 3 rings (SSSR count). The molecule has 1 heterocycles. The molecule has 1 fully saturated rings. The fourth-order valence-corrected chi connectivity index (χ4v) is 3.89. The first-order valence-corrected chi connectivity index (χ1v) is 9.23. The van der Waals surface area contributed by atoms with Crippen molar-refractivity contribution in [2.45, 2.75) is 51.0 Å². The normalized spacial score (nSPS) is 14.9. The van der Waals surface area contributed by atoms with Crippen molar-refractivity contribution in [1.29, 1.82) is 0 Å². The lowest BCUT2D eigenvalue weighted by Crippen LogP contribution is -2.24. The Morgan fingerprint density at radius 1 is 1.04 bits per heavy atom. The van der Waals surface area contributed by atoms with Crippen LogP contribution in [0.25, 0.3) is 0 Å². The van der Waals surface area contributed by atoms with Crippen molar-refractivity contribution in [2.75, 3.05) is 0 Å². The minimum Gasteiger partial charge on any atom is -0.241 e. The summed E-state index contributed by atoms with van der Waals surface area (Å²) in [5, 5.41) is 0. The van der Waals surface area contributed by atoms with Crippen LogP contribution in [0, 0.1) is 20.8 Å². The molecule has 1 saturated carbocycles. The first-order valence-electron chi connectivity index (χ1n) is 7.75. The summed E-state index contributed by atoms with van der Waals surface area (Å²) in [6.45, 7) is 5.89. The van der Waals surface area contributed by atoms with Crippen molar-refractivity contribution in [2.24, 2.45) is 0 Å². The van der Waals surface area contributed by atoms with E-state index in [1.807, 2.05) is 32.9 Å². The third kappa shape index (κ3) is 3.59. The van der Waals surface area contributed by atoms with Crippen molar-refractivity contribution >= 4 is 10.0 Å². The molecule has 0 aliphatic heterocycles. The summed E-state index contributed by atoms with van der Waals surface area (Å²) < 4.78 is 27.8. The zero-order chi connectivity index (χ0) is 16.6. The predicted octanol–water partition coefficient (Wildman–Crippen LogP) is 2.76. The van der Waals surface area contributed by atoms with Gasteiger partial charge in [-0.25, -0.2) is 23.1 Å². The van der Waals surface area contributed by atoms with Crippen molar-refractivity contribution in [3.8, 4) is 0 Å². The molecular formula is C17H21N3O2S. The van der Waals surface area contributed by atoms with E-state index >= 15 is 0 Å². The van der Waals surface area contributed by atoms with Crippen LogP contribution in [0.1, 0.15) is 46.8 Å². The summed E-state index contributed by atoms with van der Waals surface area (Å²) in [7, 11) is -3.56. The van der Waals surface area contributed by atoms with Crippen molar-refractivity contribution in [1.82, 2.24) is 14.7 Å². The van der Waals surface area contributed by atoms with Gasteiger partial charge in [0.05, 0.1) is 17.1 Å². The third-order valence-electron chi connectivity index (χ3n) is 4.26. The molecule has 1 aromatic heterocycles. The van der Waals surface area contributed by atoms with Gasteiger partial charge in [-0.15, -0.1) is 0 Å². The van der Waals surface area contributed by atoms with Crippen LogP contribution in [0.5, 0.6) is 0 Å². The molecule has 23 heavy (non-hydrogen) atoms. The zero-order valence-electron chi connectivity index (χ0n) is 13.6. The second-order valence-electron chi connectivity index (χ2n) is 6.23. The molecule has 5 nitrogen and oxygen atoms in total. The molecular weight excluding hydrogens is 310 g/mol. The van der Waals surface area contributed by atoms with E-state index < -0.39 is 10.0 Å². The van der Waals surface area contributed by atoms with E-state index in [-0.39, 0.29) is 6.54 Å². The fourth-order valence-electron chi connectivity index (χ4n) is 2.58. The summed E-state index contributed by atoms with van der Waals surface area (Å²) in [5.74, 6) is 0.523. The molecule has 0 spiro atoms. The Balaban J connectivity index is 1.79. The van der Waals surface area contributed by atoms with Crippen LogP contribution in [0.2, 0.25) is 0 Å². The van der Waals surface area contributed by atoms with Gasteiger partial charge in [-0.2, -0.15) is 0 Å². The molecule has 1 aliphatic rings. The largest absolute Gasteiger partial charge is 0.241 e. The Hall–Kier alpha value is -1.79. The van der Waals surface area contributed by atoms with Crippen molar-refractivity contribution < 1.29 is 8.42 Å². The van der Waals surface area contributed by atoms with E-state index in [4.69, 9.17) is 0 Å². The van der Waals surface area contributed by atoms with E-state index in [2.05, 4.69) is 14.7 Å². The number of rotatable bonds is 5. The van der Waals surface area contributed by atoms with Crippen LogP contribution in [0.15, 0.2) is 29.4 Å². The summed E-state index contributed by atoms with van der Waals surface area (Å²) >= 11 is 0. The summed E-state index contributed by atoms with van der Waals surface area (Å²) in [4.78, 5) is 8.74. The van der Waals surface area contributed by atoms with Gasteiger partial charge in [0.25, 0.3) is 0 Å². The maximum atomic E-state index is 12.6. The zero-order valence-corrected chi connectivity index (χ0v) is 14.4. The number of aromatic nitrogens is 2. The summed E-state index contributed by atoms with van der Waals surface area (Å²) in [6.07, 6.45) is 3.83. The fraction of sp³-hybridized carbons (Fsp3) is 0.412. The van der Waals surface area contributed by atoms with Gasteiger partial charge in [-0.05, 0) is 62.4 Å². The second-order valence-corrected chi connectivity index (χ2v) is 7.97. The Bertz CT molecular complexity index is 843. The quantitative estimate of drug-likeness (QED) is 0.914. The van der Waals surface area contributed by atoms with Crippen LogP contribution < -0.4 is 4.72 Å². The van der Waals surface area contributed by atoms with E-state index in [1.165, 1.54) is 6.33 Å². The van der Waals surface area contributed by atoms with Gasteiger partial charge >= 0.3 is 0 Å². The van der Waals surface area contributed by atoms with Crippen molar-refractivity contribution in [3.63, 3.8) is 0 Å². The molecule has 0 radical (unpaired) electrons. The molecule has 2 aromatic rings. The lowest BCUT2D eigenvalue weighted by molar-refractivity contribution is 0.579. The van der Waals surface area contributed by atoms with Crippen LogP contribution in [0.3, 0.4) is 0 Å². The van der Waals surface area contributed by atoms with E-state index in [0.29, 0.717) is 16.5 Å². The van der Waals surface area contributed by atoms with Crippen LogP contribution >= 0.6 is 0 Å². The molecule has 122 valence electrons. The molecule has 1 aliphatic carbocycles. The predicted molar refractivity (Wildman–Crippen MR) is 88.7 cm³/mol. The first-order chi connectivity index (χ1) is 10.9. The van der Waals surface area contributed by atoms with Crippen LogP contribution in [-0.4, -0.2) is 18.4 Å². The van der Waals surface area contributed by atoms with Crippen LogP contribution in [-0.2, 0) is 16.6 Å². The average molecular weight is 331 g/mol. The lowest BCUT2D eigenvalue weighted by Gasteiger charge is -2.12. The number of nitrogens with one attached hydrogen (secondary N) is 1. The molecule has 0 amide bonds. The first kappa shape index (κ1) is 16.1. The third-order valence-corrected chi connectivity index (χ3v) is 5.81. The molecule has 0 bridgehead atoms. The van der Waals surface area contributed by atoms with Gasteiger partial charge in [-0.3, -0.25) is 0 Å². The van der Waals surface area contributed by atoms with Gasteiger partial charge in [0, 0.05) is 11.6 Å². The Labute approximate surface area is 137 Å². The minimum absolute atomic E-state index is 0.178. The van der Waals surface area contributed by atoms with E-state index in [9.17, 15) is 8.42 Å². The molecule has 1 aromatic carbocycles. The highest BCUT2D eigenvalue weighted by molar-refractivity contribution is 7.89. The monoisotopic (exact) mass is 331 g/mol. The Morgan fingerprint density at radius 3 is 2.43 bits per heavy atom. The van der Waals surface area contributed by atoms with Gasteiger partial charge in [0.1, 0.15) is 6.33 Å². The maximum absolute atomic E-state index is 12.6. The molecule has 1 N–H and O–H groups in total. The molecule has 0 saturated heterocycles. The molecule has 0 atom stereocenters. The highest BCUT2D eigenvalue weighted by atomic mass is 32.2. The number of aryl methyl sites for hydroxylation is 3. The topological polar surface area (TPSA) is 72.0 Å². The number of hydrogen-bond acceptors (Lipinski definition) is 4. The summed E-state index contributed by atoms with van der Waals surface area (Å²) in [5.41, 5.74) is 4.52. The second kappa shape index (κ2) is 6.02. The number of benzene rings is 1. The molecule has 0 unspecified atom stereocenters.